The van der Waals surface area contributed by atoms with E-state index in [2.05, 4.69) is 57.2 Å². The van der Waals surface area contributed by atoms with E-state index in [1.807, 2.05) is 18.3 Å². The minimum Gasteiger partial charge on any atom is -0.320 e. The lowest BCUT2D eigenvalue weighted by molar-refractivity contribution is 0.882. The first-order valence-electron chi connectivity index (χ1n) is 5.59. The van der Waals surface area contributed by atoms with E-state index >= 15 is 0 Å². The number of rotatable bonds is 2. The monoisotopic (exact) mass is 366 g/mol. The highest BCUT2D eigenvalue weighted by molar-refractivity contribution is 14.1. The first-order valence-corrected chi connectivity index (χ1v) is 7.55. The van der Waals surface area contributed by atoms with Crippen molar-refractivity contribution in [3.8, 4) is 0 Å². The van der Waals surface area contributed by atoms with Crippen molar-refractivity contribution in [2.24, 2.45) is 5.73 Å². The number of hydrogen-bond acceptors (Lipinski definition) is 3. The number of thiophene rings is 1. The van der Waals surface area contributed by atoms with Crippen LogP contribution < -0.4 is 5.73 Å². The number of pyridine rings is 1. The average Bonchev–Trinajstić information content (AvgIpc) is 2.84. The lowest BCUT2D eigenvalue weighted by Crippen LogP contribution is -2.11. The molecule has 1 atom stereocenters. The minimum atomic E-state index is -0.108. The Hall–Kier alpha value is -0.980. The maximum atomic E-state index is 6.36. The van der Waals surface area contributed by atoms with Gasteiger partial charge in [0.2, 0.25) is 0 Å². The second-order valence-electron chi connectivity index (χ2n) is 4.08. The summed E-state index contributed by atoms with van der Waals surface area (Å²) < 4.78 is 1.26. The molecule has 0 radical (unpaired) electrons. The molecule has 0 aliphatic rings. The number of nitrogens with two attached hydrogens (primary N) is 1. The highest BCUT2D eigenvalue weighted by atomic mass is 127. The molecule has 0 amide bonds. The average molecular weight is 366 g/mol. The number of aromatic nitrogens is 1. The summed E-state index contributed by atoms with van der Waals surface area (Å²) in [5.74, 6) is 0. The van der Waals surface area contributed by atoms with E-state index in [1.54, 1.807) is 11.3 Å². The first kappa shape index (κ1) is 12.1. The molecule has 0 fully saturated rings. The maximum Gasteiger partial charge on any atom is 0.0753 e. The third-order valence-corrected chi connectivity index (χ3v) is 4.75. The fourth-order valence-corrected chi connectivity index (χ4v) is 3.45. The van der Waals surface area contributed by atoms with Gasteiger partial charge in [-0.3, -0.25) is 4.98 Å². The predicted octanol–water partition coefficient (Wildman–Crippen LogP) is 3.95. The number of para-hydroxylation sites is 1. The van der Waals surface area contributed by atoms with Crippen LogP contribution in [0.25, 0.3) is 10.9 Å². The maximum absolute atomic E-state index is 6.36. The standard InChI is InChI=1S/C14H11IN2S/c15-12-7-10(8-18-12)13(16)11-5-1-3-9-4-2-6-17-14(9)11/h1-8,13H,16H2. The molecule has 2 aromatic heterocycles. The fraction of sp³-hybridized carbons (Fsp3) is 0.0714. The molecular formula is C14H11IN2S. The van der Waals surface area contributed by atoms with Gasteiger partial charge in [-0.1, -0.05) is 24.3 Å². The van der Waals surface area contributed by atoms with E-state index < -0.39 is 0 Å². The van der Waals surface area contributed by atoms with Crippen molar-refractivity contribution in [2.45, 2.75) is 6.04 Å². The van der Waals surface area contributed by atoms with Gasteiger partial charge in [-0.15, -0.1) is 11.3 Å². The van der Waals surface area contributed by atoms with Gasteiger partial charge in [0.1, 0.15) is 0 Å². The smallest absolute Gasteiger partial charge is 0.0753 e. The zero-order chi connectivity index (χ0) is 12.5. The minimum absolute atomic E-state index is 0.108. The third kappa shape index (κ3) is 2.15. The third-order valence-electron chi connectivity index (χ3n) is 2.95. The largest absolute Gasteiger partial charge is 0.320 e. The quantitative estimate of drug-likeness (QED) is 0.698. The molecule has 0 saturated heterocycles. The molecule has 1 unspecified atom stereocenters. The first-order chi connectivity index (χ1) is 8.75. The predicted molar refractivity (Wildman–Crippen MR) is 84.8 cm³/mol. The van der Waals surface area contributed by atoms with Crippen molar-refractivity contribution in [1.82, 2.24) is 4.98 Å². The van der Waals surface area contributed by atoms with Gasteiger partial charge in [0.25, 0.3) is 0 Å². The van der Waals surface area contributed by atoms with Crippen molar-refractivity contribution in [3.05, 3.63) is 62.0 Å². The van der Waals surface area contributed by atoms with Crippen LogP contribution in [-0.2, 0) is 0 Å². The normalized spacial score (nSPS) is 12.8. The molecule has 0 aliphatic heterocycles. The molecule has 18 heavy (non-hydrogen) atoms. The topological polar surface area (TPSA) is 38.9 Å². The number of nitrogens with zero attached hydrogens (tertiary/aromatic N) is 1. The van der Waals surface area contributed by atoms with Crippen LogP contribution in [0.2, 0.25) is 0 Å². The molecule has 1 aromatic carbocycles. The van der Waals surface area contributed by atoms with Crippen LogP contribution in [0.15, 0.2) is 48.0 Å². The van der Waals surface area contributed by atoms with Gasteiger partial charge in [0.05, 0.1) is 14.4 Å². The van der Waals surface area contributed by atoms with Gasteiger partial charge in [0.15, 0.2) is 0 Å². The summed E-state index contributed by atoms with van der Waals surface area (Å²) in [4.78, 5) is 4.46. The van der Waals surface area contributed by atoms with Gasteiger partial charge in [0, 0.05) is 11.6 Å². The van der Waals surface area contributed by atoms with E-state index in [1.165, 1.54) is 2.88 Å². The summed E-state index contributed by atoms with van der Waals surface area (Å²) in [7, 11) is 0. The molecule has 4 heteroatoms. The molecule has 0 aliphatic carbocycles. The van der Waals surface area contributed by atoms with Crippen molar-refractivity contribution in [3.63, 3.8) is 0 Å². The van der Waals surface area contributed by atoms with Crippen molar-refractivity contribution in [2.75, 3.05) is 0 Å². The van der Waals surface area contributed by atoms with Crippen molar-refractivity contribution < 1.29 is 0 Å². The lowest BCUT2D eigenvalue weighted by Gasteiger charge is -2.12. The van der Waals surface area contributed by atoms with Crippen molar-refractivity contribution in [1.29, 1.82) is 0 Å². The van der Waals surface area contributed by atoms with Crippen LogP contribution in [0.4, 0.5) is 0 Å². The van der Waals surface area contributed by atoms with Crippen LogP contribution in [0.1, 0.15) is 17.2 Å². The van der Waals surface area contributed by atoms with Gasteiger partial charge in [-0.25, -0.2) is 0 Å². The summed E-state index contributed by atoms with van der Waals surface area (Å²) in [5, 5.41) is 3.25. The van der Waals surface area contributed by atoms with Crippen LogP contribution in [0.5, 0.6) is 0 Å². The highest BCUT2D eigenvalue weighted by Crippen LogP contribution is 2.29. The highest BCUT2D eigenvalue weighted by Gasteiger charge is 2.14. The molecular weight excluding hydrogens is 355 g/mol. The lowest BCUT2D eigenvalue weighted by atomic mass is 9.99. The Morgan fingerprint density at radius 1 is 1.22 bits per heavy atom. The molecule has 0 bridgehead atoms. The number of halogens is 1. The molecule has 2 N–H and O–H groups in total. The van der Waals surface area contributed by atoms with E-state index in [-0.39, 0.29) is 6.04 Å². The van der Waals surface area contributed by atoms with E-state index in [0.29, 0.717) is 0 Å². The zero-order valence-corrected chi connectivity index (χ0v) is 12.5. The Morgan fingerprint density at radius 3 is 2.83 bits per heavy atom. The van der Waals surface area contributed by atoms with Crippen LogP contribution >= 0.6 is 33.9 Å². The van der Waals surface area contributed by atoms with Crippen LogP contribution in [0, 0.1) is 2.88 Å². The van der Waals surface area contributed by atoms with Gasteiger partial charge in [-0.2, -0.15) is 0 Å². The number of hydrogen-bond donors (Lipinski definition) is 1. The molecule has 0 saturated carbocycles. The summed E-state index contributed by atoms with van der Waals surface area (Å²) in [6.45, 7) is 0. The molecule has 0 spiro atoms. The Morgan fingerprint density at radius 2 is 2.06 bits per heavy atom. The second kappa shape index (κ2) is 4.95. The van der Waals surface area contributed by atoms with E-state index in [9.17, 15) is 0 Å². The summed E-state index contributed by atoms with van der Waals surface area (Å²) in [6.07, 6.45) is 1.82. The molecule has 90 valence electrons. The fourth-order valence-electron chi connectivity index (χ4n) is 2.04. The van der Waals surface area contributed by atoms with Crippen LogP contribution in [0.3, 0.4) is 0 Å². The zero-order valence-electron chi connectivity index (χ0n) is 9.51. The number of benzene rings is 1. The SMILES string of the molecule is NC(c1csc(I)c1)c1cccc2cccnc12. The summed E-state index contributed by atoms with van der Waals surface area (Å²) >= 11 is 4.04. The van der Waals surface area contributed by atoms with Gasteiger partial charge in [-0.05, 0) is 51.2 Å². The summed E-state index contributed by atoms with van der Waals surface area (Å²) in [6, 6.07) is 12.2. The van der Waals surface area contributed by atoms with Gasteiger partial charge >= 0.3 is 0 Å². The van der Waals surface area contributed by atoms with Gasteiger partial charge < -0.3 is 5.73 Å². The van der Waals surface area contributed by atoms with Crippen LogP contribution in [-0.4, -0.2) is 4.98 Å². The van der Waals surface area contributed by atoms with Crippen molar-refractivity contribution >= 4 is 44.8 Å². The summed E-state index contributed by atoms with van der Waals surface area (Å²) in [5.41, 5.74) is 9.59. The second-order valence-corrected chi connectivity index (χ2v) is 6.89. The Balaban J connectivity index is 2.14. The molecule has 2 nitrogen and oxygen atoms in total. The molecule has 3 rings (SSSR count). The Kier molecular flexibility index (Phi) is 3.32. The number of fused-ring (bicyclic) bond motifs is 1. The Bertz CT molecular complexity index is 688. The molecule has 3 aromatic rings. The molecule has 2 heterocycles. The Labute approximate surface area is 123 Å². The van der Waals surface area contributed by atoms with E-state index in [0.717, 1.165) is 22.0 Å². The van der Waals surface area contributed by atoms with E-state index in [4.69, 9.17) is 5.73 Å².